The van der Waals surface area contributed by atoms with Gasteiger partial charge >= 0.3 is 0 Å². The van der Waals surface area contributed by atoms with Crippen LogP contribution in [-0.2, 0) is 0 Å². The van der Waals surface area contributed by atoms with Crippen molar-refractivity contribution >= 4 is 46.7 Å². The summed E-state index contributed by atoms with van der Waals surface area (Å²) in [4.78, 5) is 14.3. The Morgan fingerprint density at radius 2 is 1.62 bits per heavy atom. The van der Waals surface area contributed by atoms with Crippen molar-refractivity contribution in [2.45, 2.75) is 0 Å². The van der Waals surface area contributed by atoms with Gasteiger partial charge in [0.25, 0.3) is 0 Å². The molecular formula is C12H13Cl2FN6. The minimum atomic E-state index is -0.518. The van der Waals surface area contributed by atoms with Crippen LogP contribution in [0.5, 0.6) is 0 Å². The molecule has 0 aliphatic rings. The smallest absolute Gasteiger partial charge is 0.233 e. The SMILES string of the molecule is CNc1nc(Nc2c(Cl)cc(F)cc2Cl)nc(N(C)C)n1. The molecule has 0 aliphatic heterocycles. The Labute approximate surface area is 131 Å². The average Bonchev–Trinajstić information content (AvgIpc) is 2.42. The Hall–Kier alpha value is -1.86. The maximum atomic E-state index is 13.2. The highest BCUT2D eigenvalue weighted by atomic mass is 35.5. The molecule has 1 aromatic carbocycles. The van der Waals surface area contributed by atoms with Gasteiger partial charge in [-0.15, -0.1) is 0 Å². The van der Waals surface area contributed by atoms with Crippen molar-refractivity contribution in [3.05, 3.63) is 28.0 Å². The summed E-state index contributed by atoms with van der Waals surface area (Å²) < 4.78 is 13.2. The van der Waals surface area contributed by atoms with Gasteiger partial charge in [0.2, 0.25) is 17.8 Å². The molecule has 0 atom stereocenters. The van der Waals surface area contributed by atoms with E-state index in [1.165, 1.54) is 0 Å². The molecule has 0 saturated heterocycles. The second-order valence-corrected chi connectivity index (χ2v) is 5.11. The minimum absolute atomic E-state index is 0.137. The van der Waals surface area contributed by atoms with Gasteiger partial charge in [0.05, 0.1) is 15.7 Å². The monoisotopic (exact) mass is 330 g/mol. The molecule has 0 unspecified atom stereocenters. The summed E-state index contributed by atoms with van der Waals surface area (Å²) in [6.45, 7) is 0. The van der Waals surface area contributed by atoms with Gasteiger partial charge in [-0.05, 0) is 12.1 Å². The van der Waals surface area contributed by atoms with Gasteiger partial charge in [0.15, 0.2) is 0 Å². The number of nitrogens with one attached hydrogen (secondary N) is 2. The molecule has 21 heavy (non-hydrogen) atoms. The van der Waals surface area contributed by atoms with E-state index in [1.54, 1.807) is 26.0 Å². The minimum Gasteiger partial charge on any atom is -0.357 e. The van der Waals surface area contributed by atoms with Gasteiger partial charge in [-0.3, -0.25) is 0 Å². The molecule has 0 bridgehead atoms. The lowest BCUT2D eigenvalue weighted by Gasteiger charge is -2.14. The number of aromatic nitrogens is 3. The summed E-state index contributed by atoms with van der Waals surface area (Å²) in [5.41, 5.74) is 0.331. The van der Waals surface area contributed by atoms with Crippen LogP contribution in [-0.4, -0.2) is 36.1 Å². The predicted octanol–water partition coefficient (Wildman–Crippen LogP) is 3.17. The number of nitrogens with zero attached hydrogens (tertiary/aromatic N) is 4. The van der Waals surface area contributed by atoms with Crippen LogP contribution >= 0.6 is 23.2 Å². The Morgan fingerprint density at radius 1 is 1.05 bits per heavy atom. The fraction of sp³-hybridized carbons (Fsp3) is 0.250. The summed E-state index contributed by atoms with van der Waals surface area (Å²) in [6.07, 6.45) is 0. The fourth-order valence-electron chi connectivity index (χ4n) is 1.51. The normalized spacial score (nSPS) is 10.4. The maximum Gasteiger partial charge on any atom is 0.233 e. The topological polar surface area (TPSA) is 66.0 Å². The van der Waals surface area contributed by atoms with E-state index in [-0.39, 0.29) is 16.0 Å². The lowest BCUT2D eigenvalue weighted by Crippen LogP contribution is -2.15. The van der Waals surface area contributed by atoms with Crippen LogP contribution in [0.2, 0.25) is 10.0 Å². The molecule has 2 N–H and O–H groups in total. The largest absolute Gasteiger partial charge is 0.357 e. The lowest BCUT2D eigenvalue weighted by atomic mass is 10.3. The molecule has 0 aliphatic carbocycles. The molecule has 0 radical (unpaired) electrons. The van der Waals surface area contributed by atoms with Gasteiger partial charge in [0, 0.05) is 21.1 Å². The molecule has 9 heteroatoms. The first-order chi connectivity index (χ1) is 9.90. The number of benzene rings is 1. The molecule has 0 fully saturated rings. The highest BCUT2D eigenvalue weighted by molar-refractivity contribution is 6.39. The standard InChI is InChI=1S/C12H13Cl2FN6/c1-16-10-18-11(20-12(19-10)21(2)3)17-9-7(13)4-6(15)5-8(9)14/h4-5H,1-3H3,(H2,16,17,18,19,20). The predicted molar refractivity (Wildman–Crippen MR) is 83.4 cm³/mol. The third-order valence-corrected chi connectivity index (χ3v) is 3.09. The molecule has 0 saturated carbocycles. The molecule has 2 aromatic rings. The summed E-state index contributed by atoms with van der Waals surface area (Å²) in [5.74, 6) is 0.557. The van der Waals surface area contributed by atoms with Crippen LogP contribution in [0, 0.1) is 5.82 Å². The van der Waals surface area contributed by atoms with Crippen molar-refractivity contribution in [1.82, 2.24) is 15.0 Å². The zero-order valence-electron chi connectivity index (χ0n) is 11.6. The van der Waals surface area contributed by atoms with Gasteiger partial charge in [0.1, 0.15) is 5.82 Å². The number of halogens is 3. The third kappa shape index (κ3) is 3.62. The van der Waals surface area contributed by atoms with Crippen molar-refractivity contribution in [1.29, 1.82) is 0 Å². The number of hydrogen-bond donors (Lipinski definition) is 2. The Kier molecular flexibility index (Phi) is 4.64. The van der Waals surface area contributed by atoms with Crippen LogP contribution in [0.15, 0.2) is 12.1 Å². The van der Waals surface area contributed by atoms with Crippen LogP contribution in [0.25, 0.3) is 0 Å². The Bertz CT molecular complexity index is 641. The summed E-state index contributed by atoms with van der Waals surface area (Å²) >= 11 is 12.0. The van der Waals surface area contributed by atoms with Gasteiger partial charge < -0.3 is 15.5 Å². The average molecular weight is 331 g/mol. The second kappa shape index (κ2) is 6.28. The van der Waals surface area contributed by atoms with E-state index in [9.17, 15) is 4.39 Å². The molecule has 2 rings (SSSR count). The number of hydrogen-bond acceptors (Lipinski definition) is 6. The molecular weight excluding hydrogens is 318 g/mol. The first-order valence-electron chi connectivity index (χ1n) is 5.93. The molecule has 0 amide bonds. The van der Waals surface area contributed by atoms with E-state index in [1.807, 2.05) is 0 Å². The van der Waals surface area contributed by atoms with Gasteiger partial charge in [-0.1, -0.05) is 23.2 Å². The van der Waals surface area contributed by atoms with Crippen molar-refractivity contribution in [3.8, 4) is 0 Å². The summed E-state index contributed by atoms with van der Waals surface area (Å²) in [5, 5.41) is 5.98. The highest BCUT2D eigenvalue weighted by Gasteiger charge is 2.12. The Balaban J connectivity index is 2.42. The molecule has 112 valence electrons. The number of rotatable bonds is 4. The van der Waals surface area contributed by atoms with Gasteiger partial charge in [-0.2, -0.15) is 15.0 Å². The van der Waals surface area contributed by atoms with Crippen LogP contribution < -0.4 is 15.5 Å². The maximum absolute atomic E-state index is 13.2. The second-order valence-electron chi connectivity index (χ2n) is 4.30. The van der Waals surface area contributed by atoms with Crippen LogP contribution in [0.1, 0.15) is 0 Å². The first kappa shape index (κ1) is 15.5. The van der Waals surface area contributed by atoms with Crippen molar-refractivity contribution in [2.75, 3.05) is 36.7 Å². The molecule has 0 spiro atoms. The first-order valence-corrected chi connectivity index (χ1v) is 6.69. The molecule has 1 heterocycles. The zero-order chi connectivity index (χ0) is 15.6. The molecule has 6 nitrogen and oxygen atoms in total. The van der Waals surface area contributed by atoms with E-state index in [0.717, 1.165) is 12.1 Å². The van der Waals surface area contributed by atoms with Gasteiger partial charge in [-0.25, -0.2) is 4.39 Å². The zero-order valence-corrected chi connectivity index (χ0v) is 13.1. The summed E-state index contributed by atoms with van der Waals surface area (Å²) in [6, 6.07) is 2.31. The number of anilines is 4. The lowest BCUT2D eigenvalue weighted by molar-refractivity contribution is 0.628. The van der Waals surface area contributed by atoms with Crippen LogP contribution in [0.3, 0.4) is 0 Å². The summed E-state index contributed by atoms with van der Waals surface area (Å²) in [7, 11) is 5.29. The van der Waals surface area contributed by atoms with E-state index in [4.69, 9.17) is 23.2 Å². The van der Waals surface area contributed by atoms with E-state index in [0.29, 0.717) is 17.6 Å². The third-order valence-electron chi connectivity index (χ3n) is 2.49. The quantitative estimate of drug-likeness (QED) is 0.897. The van der Waals surface area contributed by atoms with E-state index >= 15 is 0 Å². The van der Waals surface area contributed by atoms with Crippen molar-refractivity contribution < 1.29 is 4.39 Å². The van der Waals surface area contributed by atoms with E-state index < -0.39 is 5.82 Å². The van der Waals surface area contributed by atoms with Crippen LogP contribution in [0.4, 0.5) is 27.9 Å². The highest BCUT2D eigenvalue weighted by Crippen LogP contribution is 2.33. The molecule has 1 aromatic heterocycles. The fourth-order valence-corrected chi connectivity index (χ4v) is 2.06. The van der Waals surface area contributed by atoms with E-state index in [2.05, 4.69) is 25.6 Å². The van der Waals surface area contributed by atoms with Crippen molar-refractivity contribution in [2.24, 2.45) is 0 Å². The van der Waals surface area contributed by atoms with Crippen molar-refractivity contribution in [3.63, 3.8) is 0 Å². The Morgan fingerprint density at radius 3 is 2.14 bits per heavy atom.